The molecule has 0 unspecified atom stereocenters. The lowest BCUT2D eigenvalue weighted by Crippen LogP contribution is -2.47. The Balaban J connectivity index is 1.95. The number of fused-ring (bicyclic) bond motifs is 1. The van der Waals surface area contributed by atoms with Gasteiger partial charge in [-0.15, -0.1) is 0 Å². The summed E-state index contributed by atoms with van der Waals surface area (Å²) in [6, 6.07) is 8.49. The van der Waals surface area contributed by atoms with E-state index in [9.17, 15) is 26.4 Å². The monoisotopic (exact) mass is 448 g/mol. The van der Waals surface area contributed by atoms with Crippen LogP contribution >= 0.6 is 11.6 Å². The molecule has 0 fully saturated rings. The molecule has 0 saturated carbocycles. The van der Waals surface area contributed by atoms with Crippen LogP contribution in [0.4, 0.5) is 18.9 Å². The molecule has 0 atom stereocenters. The normalized spacial score (nSPS) is 16.4. The van der Waals surface area contributed by atoms with E-state index in [2.05, 4.69) is 4.74 Å². The summed E-state index contributed by atoms with van der Waals surface area (Å²) in [5.74, 6) is -0.570. The highest BCUT2D eigenvalue weighted by Crippen LogP contribution is 2.36. The number of sulfonamides is 1. The van der Waals surface area contributed by atoms with Crippen molar-refractivity contribution in [2.24, 2.45) is 0 Å². The van der Waals surface area contributed by atoms with Crippen LogP contribution in [-0.2, 0) is 32.3 Å². The number of rotatable bonds is 4. The zero-order valence-electron chi connectivity index (χ0n) is 15.1. The molecule has 2 aromatic rings. The van der Waals surface area contributed by atoms with Crippen molar-refractivity contribution in [3.05, 3.63) is 58.6 Å². The van der Waals surface area contributed by atoms with Gasteiger partial charge in [0, 0.05) is 11.6 Å². The Morgan fingerprint density at radius 2 is 1.83 bits per heavy atom. The predicted octanol–water partition coefficient (Wildman–Crippen LogP) is 3.50. The number of halogens is 4. The van der Waals surface area contributed by atoms with Crippen LogP contribution in [-0.4, -0.2) is 39.0 Å². The topological polar surface area (TPSA) is 66.9 Å². The van der Waals surface area contributed by atoms with Crippen LogP contribution in [0.2, 0.25) is 5.02 Å². The number of methoxy groups -OCH3 is 1. The van der Waals surface area contributed by atoms with Gasteiger partial charge in [-0.3, -0.25) is 4.79 Å². The van der Waals surface area contributed by atoms with E-state index in [-0.39, 0.29) is 29.7 Å². The Labute approximate surface area is 170 Å². The minimum Gasteiger partial charge on any atom is -0.468 e. The third-order valence-electron chi connectivity index (χ3n) is 4.40. The van der Waals surface area contributed by atoms with Crippen LogP contribution in [0.5, 0.6) is 0 Å². The largest absolute Gasteiger partial charge is 0.468 e. The average Bonchev–Trinajstić information content (AvgIpc) is 2.65. The molecular weight excluding hydrogens is 433 g/mol. The Morgan fingerprint density at radius 1 is 1.17 bits per heavy atom. The summed E-state index contributed by atoms with van der Waals surface area (Å²) in [5, 5.41) is 0.196. The van der Waals surface area contributed by atoms with E-state index in [4.69, 9.17) is 11.6 Å². The molecule has 156 valence electrons. The van der Waals surface area contributed by atoms with Gasteiger partial charge in [0.15, 0.2) is 0 Å². The first-order valence-corrected chi connectivity index (χ1v) is 10.1. The number of hydrogen-bond donors (Lipinski definition) is 0. The minimum absolute atomic E-state index is 0.0907. The Hall–Kier alpha value is -2.30. The molecular formula is C18H16ClF3N2O4S. The van der Waals surface area contributed by atoms with Gasteiger partial charge in [-0.2, -0.15) is 17.5 Å². The Bertz CT molecular complexity index is 1030. The number of carbonyl (C=O) groups excluding carboxylic acids is 1. The van der Waals surface area contributed by atoms with Crippen molar-refractivity contribution in [1.29, 1.82) is 0 Å². The first kappa shape index (κ1) is 21.4. The lowest BCUT2D eigenvalue weighted by atomic mass is 10.1. The van der Waals surface area contributed by atoms with E-state index in [1.165, 1.54) is 42.3 Å². The van der Waals surface area contributed by atoms with Gasteiger partial charge < -0.3 is 9.64 Å². The van der Waals surface area contributed by atoms with Crippen LogP contribution in [0.1, 0.15) is 11.1 Å². The van der Waals surface area contributed by atoms with Gasteiger partial charge in [0.1, 0.15) is 11.4 Å². The van der Waals surface area contributed by atoms with Crippen LogP contribution < -0.4 is 4.90 Å². The van der Waals surface area contributed by atoms with Crippen LogP contribution in [0.25, 0.3) is 0 Å². The molecule has 0 radical (unpaired) electrons. The summed E-state index contributed by atoms with van der Waals surface area (Å²) >= 11 is 5.95. The van der Waals surface area contributed by atoms with Gasteiger partial charge >= 0.3 is 12.1 Å². The smallest absolute Gasteiger partial charge is 0.416 e. The number of benzene rings is 2. The third-order valence-corrected chi connectivity index (χ3v) is 6.44. The second kappa shape index (κ2) is 7.85. The van der Waals surface area contributed by atoms with Gasteiger partial charge in [0.05, 0.1) is 25.0 Å². The van der Waals surface area contributed by atoms with Gasteiger partial charge in [0.2, 0.25) is 10.0 Å². The highest BCUT2D eigenvalue weighted by atomic mass is 35.5. The van der Waals surface area contributed by atoms with Gasteiger partial charge in [-0.1, -0.05) is 23.7 Å². The van der Waals surface area contributed by atoms with E-state index >= 15 is 0 Å². The van der Waals surface area contributed by atoms with Crippen molar-refractivity contribution in [3.8, 4) is 0 Å². The standard InChI is InChI=1S/C18H16ClF3N2O4S/c1-28-17(25)10-23-11-24(9-12-2-4-13(5-3-12)18(20,21)22)29(26,27)16-8-14(19)6-7-15(16)23/h2-8H,9-11H2,1H3. The number of anilines is 1. The summed E-state index contributed by atoms with van der Waals surface area (Å²) in [6.45, 7) is -0.554. The number of alkyl halides is 3. The number of carbonyl (C=O) groups is 1. The predicted molar refractivity (Wildman–Crippen MR) is 99.9 cm³/mol. The molecule has 6 nitrogen and oxygen atoms in total. The van der Waals surface area contributed by atoms with Crippen molar-refractivity contribution in [2.75, 3.05) is 25.2 Å². The molecule has 1 heterocycles. The van der Waals surface area contributed by atoms with Crippen molar-refractivity contribution in [3.63, 3.8) is 0 Å². The zero-order valence-corrected chi connectivity index (χ0v) is 16.7. The number of hydrogen-bond acceptors (Lipinski definition) is 5. The molecule has 0 saturated heterocycles. The summed E-state index contributed by atoms with van der Waals surface area (Å²) in [4.78, 5) is 13.2. The fourth-order valence-electron chi connectivity index (χ4n) is 2.93. The fraction of sp³-hybridized carbons (Fsp3) is 0.278. The lowest BCUT2D eigenvalue weighted by molar-refractivity contribution is -0.139. The highest BCUT2D eigenvalue weighted by molar-refractivity contribution is 7.89. The Kier molecular flexibility index (Phi) is 5.79. The van der Waals surface area contributed by atoms with E-state index in [1.54, 1.807) is 0 Å². The first-order valence-electron chi connectivity index (χ1n) is 8.30. The van der Waals surface area contributed by atoms with Crippen LogP contribution in [0, 0.1) is 0 Å². The quantitative estimate of drug-likeness (QED) is 0.670. The molecule has 0 bridgehead atoms. The van der Waals surface area contributed by atoms with Crippen LogP contribution in [0.15, 0.2) is 47.4 Å². The second-order valence-electron chi connectivity index (χ2n) is 6.34. The number of nitrogens with zero attached hydrogens (tertiary/aromatic N) is 2. The molecule has 0 N–H and O–H groups in total. The molecule has 29 heavy (non-hydrogen) atoms. The number of ether oxygens (including phenoxy) is 1. The summed E-state index contributed by atoms with van der Waals surface area (Å²) in [7, 11) is -2.77. The molecule has 11 heteroatoms. The van der Waals surface area contributed by atoms with E-state index in [1.807, 2.05) is 0 Å². The summed E-state index contributed by atoms with van der Waals surface area (Å²) < 4.78 is 70.0. The molecule has 0 amide bonds. The maximum absolute atomic E-state index is 13.0. The van der Waals surface area contributed by atoms with Gasteiger partial charge in [0.25, 0.3) is 0 Å². The molecule has 1 aliphatic rings. The Morgan fingerprint density at radius 3 is 2.41 bits per heavy atom. The van der Waals surface area contributed by atoms with Crippen molar-refractivity contribution < 1.29 is 31.1 Å². The molecule has 0 spiro atoms. The van der Waals surface area contributed by atoms with Crippen LogP contribution in [0.3, 0.4) is 0 Å². The van der Waals surface area contributed by atoms with E-state index < -0.39 is 27.7 Å². The SMILES string of the molecule is COC(=O)CN1CN(Cc2ccc(C(F)(F)F)cc2)S(=O)(=O)c2cc(Cl)ccc21. The molecule has 0 aromatic heterocycles. The zero-order chi connectivity index (χ0) is 21.4. The third kappa shape index (κ3) is 4.49. The van der Waals surface area contributed by atoms with Crippen molar-refractivity contribution in [1.82, 2.24) is 4.31 Å². The fourth-order valence-corrected chi connectivity index (χ4v) is 4.79. The summed E-state index contributed by atoms with van der Waals surface area (Å²) in [5.41, 5.74) is -0.166. The summed E-state index contributed by atoms with van der Waals surface area (Å²) in [6.07, 6.45) is -4.48. The number of esters is 1. The molecule has 1 aliphatic heterocycles. The van der Waals surface area contributed by atoms with Crippen molar-refractivity contribution >= 4 is 33.3 Å². The highest BCUT2D eigenvalue weighted by Gasteiger charge is 2.37. The average molecular weight is 449 g/mol. The minimum atomic E-state index is -4.48. The molecule has 2 aromatic carbocycles. The van der Waals surface area contributed by atoms with Crippen molar-refractivity contribution in [2.45, 2.75) is 17.6 Å². The van der Waals surface area contributed by atoms with E-state index in [0.29, 0.717) is 11.3 Å². The lowest BCUT2D eigenvalue weighted by Gasteiger charge is -2.37. The second-order valence-corrected chi connectivity index (χ2v) is 8.68. The van der Waals surface area contributed by atoms with Gasteiger partial charge in [-0.25, -0.2) is 8.42 Å². The van der Waals surface area contributed by atoms with E-state index in [0.717, 1.165) is 16.4 Å². The first-order chi connectivity index (χ1) is 13.5. The maximum Gasteiger partial charge on any atom is 0.416 e. The van der Waals surface area contributed by atoms with Gasteiger partial charge in [-0.05, 0) is 35.9 Å². The molecule has 3 rings (SSSR count). The molecule has 0 aliphatic carbocycles. The maximum atomic E-state index is 13.0.